The van der Waals surface area contributed by atoms with Crippen molar-refractivity contribution in [2.45, 2.75) is 13.3 Å². The van der Waals surface area contributed by atoms with Gasteiger partial charge in [-0.1, -0.05) is 11.3 Å². The van der Waals surface area contributed by atoms with E-state index in [-0.39, 0.29) is 0 Å². The molecular weight excluding hydrogens is 228 g/mol. The molecule has 80 valence electrons. The maximum Gasteiger partial charge on any atom is 0.159 e. The number of hydrogen-bond donors (Lipinski definition) is 1. The van der Waals surface area contributed by atoms with E-state index in [2.05, 4.69) is 20.5 Å². The summed E-state index contributed by atoms with van der Waals surface area (Å²) in [7, 11) is 1.94. The number of rotatable bonds is 4. The van der Waals surface area contributed by atoms with Crippen LogP contribution >= 0.6 is 22.7 Å². The van der Waals surface area contributed by atoms with Crippen LogP contribution < -0.4 is 5.32 Å². The molecule has 2 aromatic heterocycles. The lowest BCUT2D eigenvalue weighted by Crippen LogP contribution is -2.09. The number of aromatic nitrogens is 3. The van der Waals surface area contributed by atoms with Crippen LogP contribution in [0.25, 0.3) is 9.88 Å². The molecule has 0 spiro atoms. The predicted octanol–water partition coefficient (Wildman–Crippen LogP) is 1.73. The molecule has 1 N–H and O–H groups in total. The third-order valence-electron chi connectivity index (χ3n) is 1.89. The molecular formula is C9H12N4S2. The SMILES string of the molecule is CNCCc1nnc(-c2cnc(C)s2)s1. The van der Waals surface area contributed by atoms with Crippen LogP contribution in [0.5, 0.6) is 0 Å². The van der Waals surface area contributed by atoms with Crippen LogP contribution in [-0.2, 0) is 6.42 Å². The van der Waals surface area contributed by atoms with Crippen molar-refractivity contribution in [3.05, 3.63) is 16.2 Å². The minimum atomic E-state index is 0.936. The summed E-state index contributed by atoms with van der Waals surface area (Å²) >= 11 is 3.31. The van der Waals surface area contributed by atoms with Crippen molar-refractivity contribution >= 4 is 22.7 Å². The molecule has 0 fully saturated rings. The molecule has 0 unspecified atom stereocenters. The quantitative estimate of drug-likeness (QED) is 0.884. The van der Waals surface area contributed by atoms with E-state index in [0.29, 0.717) is 0 Å². The molecule has 0 atom stereocenters. The molecule has 0 aliphatic carbocycles. The average molecular weight is 240 g/mol. The highest BCUT2D eigenvalue weighted by molar-refractivity contribution is 7.21. The predicted molar refractivity (Wildman–Crippen MR) is 63.4 cm³/mol. The third-order valence-corrected chi connectivity index (χ3v) is 3.95. The highest BCUT2D eigenvalue weighted by Gasteiger charge is 2.08. The Kier molecular flexibility index (Phi) is 3.40. The van der Waals surface area contributed by atoms with Gasteiger partial charge in [0.25, 0.3) is 0 Å². The minimum Gasteiger partial charge on any atom is -0.319 e. The molecule has 0 aliphatic rings. The number of nitrogens with zero attached hydrogens (tertiary/aromatic N) is 3. The fourth-order valence-corrected chi connectivity index (χ4v) is 2.80. The Morgan fingerprint density at radius 2 is 2.20 bits per heavy atom. The van der Waals surface area contributed by atoms with Gasteiger partial charge in [0.15, 0.2) is 5.01 Å². The Bertz CT molecular complexity index is 435. The van der Waals surface area contributed by atoms with Crippen molar-refractivity contribution in [3.63, 3.8) is 0 Å². The largest absolute Gasteiger partial charge is 0.319 e. The lowest BCUT2D eigenvalue weighted by molar-refractivity contribution is 0.779. The van der Waals surface area contributed by atoms with Crippen LogP contribution in [-0.4, -0.2) is 28.8 Å². The summed E-state index contributed by atoms with van der Waals surface area (Å²) in [4.78, 5) is 5.32. The second kappa shape index (κ2) is 4.78. The highest BCUT2D eigenvalue weighted by atomic mass is 32.1. The Morgan fingerprint density at radius 1 is 1.33 bits per heavy atom. The van der Waals surface area contributed by atoms with E-state index in [1.54, 1.807) is 22.7 Å². The molecule has 0 bridgehead atoms. The summed E-state index contributed by atoms with van der Waals surface area (Å²) in [6.45, 7) is 2.94. The number of likely N-dealkylation sites (N-methyl/N-ethyl adjacent to an activating group) is 1. The first kappa shape index (κ1) is 10.7. The molecule has 6 heteroatoms. The molecule has 0 amide bonds. The van der Waals surface area contributed by atoms with Crippen molar-refractivity contribution in [1.29, 1.82) is 0 Å². The van der Waals surface area contributed by atoms with Gasteiger partial charge in [-0.05, 0) is 14.0 Å². The van der Waals surface area contributed by atoms with Gasteiger partial charge in [0.05, 0.1) is 9.88 Å². The Labute approximate surface area is 96.4 Å². The monoisotopic (exact) mass is 240 g/mol. The summed E-state index contributed by atoms with van der Waals surface area (Å²) < 4.78 is 0. The van der Waals surface area contributed by atoms with Crippen LogP contribution in [0, 0.1) is 6.92 Å². The fraction of sp³-hybridized carbons (Fsp3) is 0.444. The van der Waals surface area contributed by atoms with Crippen molar-refractivity contribution in [3.8, 4) is 9.88 Å². The van der Waals surface area contributed by atoms with Crippen LogP contribution in [0.15, 0.2) is 6.20 Å². The van der Waals surface area contributed by atoms with Gasteiger partial charge >= 0.3 is 0 Å². The molecule has 15 heavy (non-hydrogen) atoms. The summed E-state index contributed by atoms with van der Waals surface area (Å²) in [6, 6.07) is 0. The van der Waals surface area contributed by atoms with Gasteiger partial charge in [0, 0.05) is 19.2 Å². The molecule has 0 radical (unpaired) electrons. The number of nitrogens with one attached hydrogen (secondary N) is 1. The second-order valence-electron chi connectivity index (χ2n) is 3.10. The van der Waals surface area contributed by atoms with Gasteiger partial charge in [-0.3, -0.25) is 0 Å². The standard InChI is InChI=1S/C9H12N4S2/c1-6-11-5-7(14-6)9-13-12-8(15-9)3-4-10-2/h5,10H,3-4H2,1-2H3. The smallest absolute Gasteiger partial charge is 0.159 e. The minimum absolute atomic E-state index is 0.936. The normalized spacial score (nSPS) is 10.8. The lowest BCUT2D eigenvalue weighted by Gasteiger charge is -1.91. The van der Waals surface area contributed by atoms with Crippen molar-refractivity contribution in [1.82, 2.24) is 20.5 Å². The third kappa shape index (κ3) is 2.58. The van der Waals surface area contributed by atoms with Gasteiger partial charge in [0.2, 0.25) is 0 Å². The highest BCUT2D eigenvalue weighted by Crippen LogP contribution is 2.28. The first-order chi connectivity index (χ1) is 7.29. The molecule has 0 saturated heterocycles. The molecule has 2 heterocycles. The number of hydrogen-bond acceptors (Lipinski definition) is 6. The van der Waals surface area contributed by atoms with E-state index in [9.17, 15) is 0 Å². The zero-order valence-corrected chi connectivity index (χ0v) is 10.3. The Morgan fingerprint density at radius 3 is 2.87 bits per heavy atom. The lowest BCUT2D eigenvalue weighted by atomic mass is 10.4. The molecule has 4 nitrogen and oxygen atoms in total. The van der Waals surface area contributed by atoms with E-state index in [0.717, 1.165) is 32.9 Å². The molecule has 2 rings (SSSR count). The van der Waals surface area contributed by atoms with E-state index < -0.39 is 0 Å². The summed E-state index contributed by atoms with van der Waals surface area (Å²) in [5, 5.41) is 14.5. The van der Waals surface area contributed by atoms with Crippen molar-refractivity contribution in [2.75, 3.05) is 13.6 Å². The molecule has 0 aliphatic heterocycles. The summed E-state index contributed by atoms with van der Waals surface area (Å²) in [5.74, 6) is 0. The van der Waals surface area contributed by atoms with Gasteiger partial charge < -0.3 is 5.32 Å². The van der Waals surface area contributed by atoms with Crippen LogP contribution in [0.2, 0.25) is 0 Å². The first-order valence-electron chi connectivity index (χ1n) is 4.69. The van der Waals surface area contributed by atoms with Gasteiger partial charge in [-0.2, -0.15) is 0 Å². The van der Waals surface area contributed by atoms with Crippen molar-refractivity contribution < 1.29 is 0 Å². The summed E-state index contributed by atoms with van der Waals surface area (Å²) in [5.41, 5.74) is 0. The van der Waals surface area contributed by atoms with E-state index in [1.165, 1.54) is 0 Å². The number of thiazole rings is 1. The van der Waals surface area contributed by atoms with Gasteiger partial charge in [0.1, 0.15) is 5.01 Å². The van der Waals surface area contributed by atoms with Crippen molar-refractivity contribution in [2.24, 2.45) is 0 Å². The first-order valence-corrected chi connectivity index (χ1v) is 6.32. The topological polar surface area (TPSA) is 50.7 Å². The van der Waals surface area contributed by atoms with E-state index in [4.69, 9.17) is 0 Å². The Hall–Kier alpha value is -0.850. The molecule has 0 aromatic carbocycles. The van der Waals surface area contributed by atoms with Crippen LogP contribution in [0.1, 0.15) is 10.0 Å². The van der Waals surface area contributed by atoms with Gasteiger partial charge in [-0.15, -0.1) is 21.5 Å². The van der Waals surface area contributed by atoms with E-state index >= 15 is 0 Å². The molecule has 2 aromatic rings. The summed E-state index contributed by atoms with van der Waals surface area (Å²) in [6.07, 6.45) is 2.80. The van der Waals surface area contributed by atoms with Gasteiger partial charge in [-0.25, -0.2) is 4.98 Å². The average Bonchev–Trinajstić information content (AvgIpc) is 2.83. The maximum absolute atomic E-state index is 4.21. The maximum atomic E-state index is 4.21. The fourth-order valence-electron chi connectivity index (χ4n) is 1.15. The zero-order valence-electron chi connectivity index (χ0n) is 8.65. The Balaban J connectivity index is 2.13. The number of aryl methyl sites for hydroxylation is 1. The van der Waals surface area contributed by atoms with Crippen LogP contribution in [0.3, 0.4) is 0 Å². The molecule has 0 saturated carbocycles. The van der Waals surface area contributed by atoms with E-state index in [1.807, 2.05) is 20.2 Å². The second-order valence-corrected chi connectivity index (χ2v) is 5.39. The zero-order chi connectivity index (χ0) is 10.7. The van der Waals surface area contributed by atoms with Crippen LogP contribution in [0.4, 0.5) is 0 Å².